The third-order valence-electron chi connectivity index (χ3n) is 4.17. The molecular formula is C21H23N2O6+. The molecule has 0 aliphatic heterocycles. The number of ketones is 1. The van der Waals surface area contributed by atoms with Gasteiger partial charge in [-0.05, 0) is 24.3 Å². The number of hydrogen-bond donors (Lipinski definition) is 0. The number of rotatable bonds is 7. The van der Waals surface area contributed by atoms with Crippen LogP contribution in [0.3, 0.4) is 0 Å². The van der Waals surface area contributed by atoms with E-state index in [0.29, 0.717) is 5.75 Å². The van der Waals surface area contributed by atoms with Gasteiger partial charge >= 0.3 is 17.6 Å². The smallest absolute Gasteiger partial charge is 0.405 e. The molecule has 2 aromatic rings. The third kappa shape index (κ3) is 4.78. The zero-order valence-electron chi connectivity index (χ0n) is 17.0. The fourth-order valence-electron chi connectivity index (χ4n) is 2.58. The maximum absolute atomic E-state index is 13.1. The Morgan fingerprint density at radius 2 is 1.38 bits per heavy atom. The Morgan fingerprint density at radius 1 is 0.828 bits per heavy atom. The van der Waals surface area contributed by atoms with E-state index in [4.69, 9.17) is 14.2 Å². The average Bonchev–Trinajstić information content (AvgIpc) is 2.76. The van der Waals surface area contributed by atoms with E-state index in [1.54, 1.807) is 36.7 Å². The number of methoxy groups -OCH3 is 3. The first-order chi connectivity index (χ1) is 13.8. The van der Waals surface area contributed by atoms with Crippen LogP contribution in [0.5, 0.6) is 5.75 Å². The summed E-state index contributed by atoms with van der Waals surface area (Å²) in [6.45, 7) is 0. The summed E-state index contributed by atoms with van der Waals surface area (Å²) in [5, 5.41) is 0. The van der Waals surface area contributed by atoms with Crippen molar-refractivity contribution in [2.75, 3.05) is 40.3 Å². The lowest BCUT2D eigenvalue weighted by Gasteiger charge is -2.11. The number of Topliss-reactive ketones (excluding diaryl/α,β-unsaturated/α-hetero) is 1. The van der Waals surface area contributed by atoms with E-state index in [2.05, 4.69) is 0 Å². The number of benzene rings is 1. The summed E-state index contributed by atoms with van der Waals surface area (Å²) < 4.78 is 16.1. The lowest BCUT2D eigenvalue weighted by atomic mass is 10.0. The fraction of sp³-hybridized carbons (Fsp3) is 0.238. The van der Waals surface area contributed by atoms with Crippen LogP contribution in [-0.2, 0) is 19.1 Å². The number of pyridine rings is 1. The molecule has 8 nitrogen and oxygen atoms in total. The molecule has 0 N–H and O–H groups in total. The molecule has 1 aromatic carbocycles. The Hall–Kier alpha value is -3.68. The molecule has 0 saturated carbocycles. The molecule has 0 spiro atoms. The number of aromatic nitrogens is 1. The molecule has 0 bridgehead atoms. The van der Waals surface area contributed by atoms with Gasteiger partial charge in [0, 0.05) is 37.5 Å². The molecule has 0 unspecified atom stereocenters. The van der Waals surface area contributed by atoms with E-state index < -0.39 is 23.3 Å². The fourth-order valence-corrected chi connectivity index (χ4v) is 2.58. The van der Waals surface area contributed by atoms with E-state index in [1.165, 1.54) is 30.9 Å². The van der Waals surface area contributed by atoms with Crippen molar-refractivity contribution in [3.8, 4) is 5.75 Å². The first-order valence-corrected chi connectivity index (χ1v) is 8.62. The maximum Gasteiger partial charge on any atom is 0.405 e. The van der Waals surface area contributed by atoms with Crippen molar-refractivity contribution in [2.45, 2.75) is 0 Å². The third-order valence-corrected chi connectivity index (χ3v) is 4.17. The van der Waals surface area contributed by atoms with E-state index in [9.17, 15) is 14.4 Å². The molecule has 29 heavy (non-hydrogen) atoms. The summed E-state index contributed by atoms with van der Waals surface area (Å²) in [6.07, 6.45) is 3.12. The second-order valence-corrected chi connectivity index (χ2v) is 6.12. The van der Waals surface area contributed by atoms with Gasteiger partial charge in [0.2, 0.25) is 5.78 Å². The summed E-state index contributed by atoms with van der Waals surface area (Å²) in [7, 11) is 7.54. The van der Waals surface area contributed by atoms with Crippen molar-refractivity contribution in [1.29, 1.82) is 0 Å². The first-order valence-electron chi connectivity index (χ1n) is 8.62. The van der Waals surface area contributed by atoms with Crippen LogP contribution in [0.15, 0.2) is 54.4 Å². The van der Waals surface area contributed by atoms with Crippen molar-refractivity contribution >= 4 is 29.1 Å². The highest BCUT2D eigenvalue weighted by Gasteiger charge is 2.36. The monoisotopic (exact) mass is 399 g/mol. The number of ether oxygens (including phenoxy) is 3. The summed E-state index contributed by atoms with van der Waals surface area (Å²) in [6, 6.07) is 9.63. The van der Waals surface area contributed by atoms with Gasteiger partial charge in [0.05, 0.1) is 21.3 Å². The summed E-state index contributed by atoms with van der Waals surface area (Å²) >= 11 is 0. The average molecular weight is 399 g/mol. The van der Waals surface area contributed by atoms with Gasteiger partial charge in [-0.2, -0.15) is 4.57 Å². The van der Waals surface area contributed by atoms with Crippen LogP contribution in [0.1, 0.15) is 10.4 Å². The minimum atomic E-state index is -0.949. The van der Waals surface area contributed by atoms with Crippen LogP contribution < -0.4 is 14.2 Å². The van der Waals surface area contributed by atoms with E-state index in [-0.39, 0.29) is 11.3 Å². The molecule has 0 aliphatic rings. The van der Waals surface area contributed by atoms with E-state index >= 15 is 0 Å². The molecule has 0 saturated heterocycles. The first kappa shape index (κ1) is 21.6. The molecule has 0 amide bonds. The number of esters is 2. The zero-order chi connectivity index (χ0) is 21.6. The summed E-state index contributed by atoms with van der Waals surface area (Å²) in [5.41, 5.74) is 0.377. The summed E-state index contributed by atoms with van der Waals surface area (Å²) in [5.74, 6) is -1.93. The Kier molecular flexibility index (Phi) is 7.08. The summed E-state index contributed by atoms with van der Waals surface area (Å²) in [4.78, 5) is 40.0. The van der Waals surface area contributed by atoms with Gasteiger partial charge in [0.25, 0.3) is 0 Å². The number of carbonyl (C=O) groups excluding carboxylic acids is 3. The molecule has 0 radical (unpaired) electrons. The SMILES string of the molecule is COC(=O)/C(C(=O)c1ccc(OC)cc1)=C(/C(=O)OC)[n+]1ccc(N(C)C)cc1. The Labute approximate surface area is 168 Å². The van der Waals surface area contributed by atoms with Crippen molar-refractivity contribution in [1.82, 2.24) is 0 Å². The van der Waals surface area contributed by atoms with E-state index in [1.807, 2.05) is 19.0 Å². The van der Waals surface area contributed by atoms with Crippen molar-refractivity contribution in [2.24, 2.45) is 0 Å². The quantitative estimate of drug-likeness (QED) is 0.174. The lowest BCUT2D eigenvalue weighted by molar-refractivity contribution is -0.578. The number of carbonyl (C=O) groups is 3. The van der Waals surface area contributed by atoms with Crippen LogP contribution in [0.25, 0.3) is 5.70 Å². The van der Waals surface area contributed by atoms with Crippen LogP contribution in [0.2, 0.25) is 0 Å². The molecule has 8 heteroatoms. The van der Waals surface area contributed by atoms with Gasteiger partial charge in [-0.1, -0.05) is 0 Å². The molecule has 0 aliphatic carbocycles. The molecular weight excluding hydrogens is 376 g/mol. The van der Waals surface area contributed by atoms with Gasteiger partial charge in [-0.3, -0.25) is 4.79 Å². The van der Waals surface area contributed by atoms with Crippen LogP contribution in [0, 0.1) is 0 Å². The van der Waals surface area contributed by atoms with Gasteiger partial charge in [0.15, 0.2) is 18.0 Å². The van der Waals surface area contributed by atoms with Gasteiger partial charge < -0.3 is 19.1 Å². The van der Waals surface area contributed by atoms with Crippen LogP contribution >= 0.6 is 0 Å². The van der Waals surface area contributed by atoms with Crippen LogP contribution in [0.4, 0.5) is 5.69 Å². The Bertz CT molecular complexity index is 931. The van der Waals surface area contributed by atoms with E-state index in [0.717, 1.165) is 12.8 Å². The number of anilines is 1. The normalized spacial score (nSPS) is 11.2. The molecule has 0 atom stereocenters. The Balaban J connectivity index is 2.69. The molecule has 2 rings (SSSR count). The van der Waals surface area contributed by atoms with Crippen molar-refractivity contribution in [3.05, 3.63) is 59.9 Å². The largest absolute Gasteiger partial charge is 0.497 e. The second kappa shape index (κ2) is 9.50. The van der Waals surface area contributed by atoms with Crippen molar-refractivity contribution < 1.29 is 33.2 Å². The minimum absolute atomic E-state index is 0.193. The molecule has 0 fully saturated rings. The highest BCUT2D eigenvalue weighted by molar-refractivity contribution is 6.32. The standard InChI is InChI=1S/C21H23N2O6/c1-22(2)15-10-12-23(13-11-15)18(21(26)29-5)17(20(25)28-4)19(24)14-6-8-16(27-3)9-7-14/h6-13H,1-5H3/q+1/b18-17-. The lowest BCUT2D eigenvalue weighted by Crippen LogP contribution is -2.40. The predicted octanol–water partition coefficient (Wildman–Crippen LogP) is 1.49. The highest BCUT2D eigenvalue weighted by atomic mass is 16.5. The second-order valence-electron chi connectivity index (χ2n) is 6.12. The van der Waals surface area contributed by atoms with Gasteiger partial charge in [0.1, 0.15) is 5.75 Å². The number of nitrogens with zero attached hydrogens (tertiary/aromatic N) is 2. The minimum Gasteiger partial charge on any atom is -0.497 e. The molecule has 1 heterocycles. The maximum atomic E-state index is 13.1. The van der Waals surface area contributed by atoms with Gasteiger partial charge in [-0.15, -0.1) is 0 Å². The molecule has 152 valence electrons. The topological polar surface area (TPSA) is 86.0 Å². The van der Waals surface area contributed by atoms with Gasteiger partial charge in [-0.25, -0.2) is 9.59 Å². The Morgan fingerprint density at radius 3 is 1.83 bits per heavy atom. The van der Waals surface area contributed by atoms with Crippen LogP contribution in [-0.4, -0.2) is 53.1 Å². The highest BCUT2D eigenvalue weighted by Crippen LogP contribution is 2.19. The molecule has 1 aromatic heterocycles. The predicted molar refractivity (Wildman–Crippen MR) is 106 cm³/mol. The number of hydrogen-bond acceptors (Lipinski definition) is 7. The van der Waals surface area contributed by atoms with Crippen molar-refractivity contribution in [3.63, 3.8) is 0 Å². The zero-order valence-corrected chi connectivity index (χ0v) is 17.0.